The van der Waals surface area contributed by atoms with E-state index in [-0.39, 0.29) is 23.4 Å². The molecule has 3 atom stereocenters. The Morgan fingerprint density at radius 3 is 2.57 bits per heavy atom. The zero-order valence-corrected chi connectivity index (χ0v) is 13.0. The number of fused-ring (bicyclic) bond motifs is 1. The van der Waals surface area contributed by atoms with E-state index in [1.165, 1.54) is 17.9 Å². The van der Waals surface area contributed by atoms with Crippen molar-refractivity contribution in [3.8, 4) is 0 Å². The van der Waals surface area contributed by atoms with Crippen LogP contribution in [0.5, 0.6) is 0 Å². The number of alkyl halides is 3. The van der Waals surface area contributed by atoms with Crippen LogP contribution in [0.15, 0.2) is 23.3 Å². The molecule has 1 aliphatic heterocycles. The molecular weight excluding hydrogens is 309 g/mol. The molecule has 0 unspecified atom stereocenters. The monoisotopic (exact) mass is 326 g/mol. The van der Waals surface area contributed by atoms with Gasteiger partial charge in [-0.1, -0.05) is 19.0 Å². The first-order chi connectivity index (χ1) is 10.7. The third-order valence-corrected chi connectivity index (χ3v) is 4.30. The lowest BCUT2D eigenvalue weighted by molar-refractivity contribution is -0.137. The Hall–Kier alpha value is -2.21. The fourth-order valence-corrected chi connectivity index (χ4v) is 3.28. The summed E-state index contributed by atoms with van der Waals surface area (Å²) >= 11 is 0. The summed E-state index contributed by atoms with van der Waals surface area (Å²) in [6.45, 7) is 5.05. The van der Waals surface area contributed by atoms with Crippen LogP contribution in [0.2, 0.25) is 0 Å². The van der Waals surface area contributed by atoms with E-state index in [2.05, 4.69) is 10.0 Å². The van der Waals surface area contributed by atoms with Crippen LogP contribution in [-0.4, -0.2) is 11.9 Å². The first kappa shape index (κ1) is 17.1. The second-order valence-electron chi connectivity index (χ2n) is 5.64. The minimum absolute atomic E-state index is 0.229. The zero-order chi connectivity index (χ0) is 17.4. The van der Waals surface area contributed by atoms with Crippen molar-refractivity contribution in [1.29, 1.82) is 0 Å². The molecule has 1 aliphatic rings. The van der Waals surface area contributed by atoms with Crippen molar-refractivity contribution in [1.82, 2.24) is 0 Å². The third-order valence-electron chi connectivity index (χ3n) is 4.30. The quantitative estimate of drug-likeness (QED) is 0.435. The van der Waals surface area contributed by atoms with Crippen LogP contribution in [0.4, 0.5) is 18.9 Å². The second-order valence-corrected chi connectivity index (χ2v) is 5.64. The Bertz CT molecular complexity index is 667. The Morgan fingerprint density at radius 1 is 1.43 bits per heavy atom. The van der Waals surface area contributed by atoms with Crippen LogP contribution >= 0.6 is 0 Å². The number of carbonyl (C=O) groups is 1. The average molecular weight is 326 g/mol. The van der Waals surface area contributed by atoms with Crippen molar-refractivity contribution in [3.63, 3.8) is 0 Å². The van der Waals surface area contributed by atoms with Crippen LogP contribution in [0.3, 0.4) is 0 Å². The standard InChI is InChI=1S/C15H17F3N4O/c1-4-12-8(2)14(20-21-19)11-7-10(15(16,17)18)5-6-13(11)22(12)9(3)23/h5-8,12,14H,4H2,1-3H3/t8-,12+,14+/m1/s1. The van der Waals surface area contributed by atoms with Crippen LogP contribution in [0.1, 0.15) is 44.4 Å². The molecule has 0 bridgehead atoms. The van der Waals surface area contributed by atoms with E-state index < -0.39 is 17.8 Å². The molecule has 0 saturated heterocycles. The van der Waals surface area contributed by atoms with Crippen molar-refractivity contribution in [3.05, 3.63) is 39.8 Å². The number of anilines is 1. The van der Waals surface area contributed by atoms with E-state index in [9.17, 15) is 18.0 Å². The highest BCUT2D eigenvalue weighted by Gasteiger charge is 2.41. The SMILES string of the molecule is CC[C@H]1[C@@H](C)[C@H](N=[N+]=[N-])c2cc(C(F)(F)F)ccc2N1C(C)=O. The van der Waals surface area contributed by atoms with Gasteiger partial charge in [0.15, 0.2) is 0 Å². The summed E-state index contributed by atoms with van der Waals surface area (Å²) in [5.74, 6) is -0.528. The highest BCUT2D eigenvalue weighted by atomic mass is 19.4. The summed E-state index contributed by atoms with van der Waals surface area (Å²) in [6.07, 6.45) is -3.89. The topological polar surface area (TPSA) is 69.1 Å². The van der Waals surface area contributed by atoms with Crippen molar-refractivity contribution >= 4 is 11.6 Å². The number of halogens is 3. The molecule has 0 N–H and O–H groups in total. The first-order valence-electron chi connectivity index (χ1n) is 7.27. The Kier molecular flexibility index (Phi) is 4.56. The molecule has 0 aromatic heterocycles. The number of amides is 1. The number of rotatable bonds is 2. The summed E-state index contributed by atoms with van der Waals surface area (Å²) in [6, 6.07) is 2.25. The number of hydrogen-bond donors (Lipinski definition) is 0. The summed E-state index contributed by atoms with van der Waals surface area (Å²) < 4.78 is 38.9. The van der Waals surface area contributed by atoms with Gasteiger partial charge in [-0.15, -0.1) is 0 Å². The number of hydrogen-bond acceptors (Lipinski definition) is 2. The van der Waals surface area contributed by atoms with Gasteiger partial charge in [0, 0.05) is 23.6 Å². The van der Waals surface area contributed by atoms with Gasteiger partial charge in [0.1, 0.15) is 0 Å². The molecule has 1 amide bonds. The molecule has 0 saturated carbocycles. The lowest BCUT2D eigenvalue weighted by Gasteiger charge is -2.43. The average Bonchev–Trinajstić information content (AvgIpc) is 2.47. The molecule has 23 heavy (non-hydrogen) atoms. The zero-order valence-electron chi connectivity index (χ0n) is 13.0. The van der Waals surface area contributed by atoms with Gasteiger partial charge in [-0.05, 0) is 41.6 Å². The predicted molar refractivity (Wildman–Crippen MR) is 79.7 cm³/mol. The fourth-order valence-electron chi connectivity index (χ4n) is 3.28. The van der Waals surface area contributed by atoms with Crippen LogP contribution in [0, 0.1) is 5.92 Å². The van der Waals surface area contributed by atoms with Crippen molar-refractivity contribution in [2.24, 2.45) is 11.0 Å². The van der Waals surface area contributed by atoms with Crippen molar-refractivity contribution < 1.29 is 18.0 Å². The van der Waals surface area contributed by atoms with Crippen molar-refractivity contribution in [2.45, 2.75) is 45.5 Å². The van der Waals surface area contributed by atoms with E-state index in [0.717, 1.165) is 12.1 Å². The van der Waals surface area contributed by atoms with Gasteiger partial charge in [-0.2, -0.15) is 13.2 Å². The maximum atomic E-state index is 13.0. The van der Waals surface area contributed by atoms with Crippen molar-refractivity contribution in [2.75, 3.05) is 4.90 Å². The fraction of sp³-hybridized carbons (Fsp3) is 0.533. The van der Waals surface area contributed by atoms with Gasteiger partial charge in [0.2, 0.25) is 5.91 Å². The number of nitrogens with zero attached hydrogens (tertiary/aromatic N) is 4. The highest BCUT2D eigenvalue weighted by molar-refractivity contribution is 5.94. The number of azide groups is 1. The maximum Gasteiger partial charge on any atom is 0.416 e. The van der Waals surface area contributed by atoms with Gasteiger partial charge in [-0.3, -0.25) is 4.79 Å². The lowest BCUT2D eigenvalue weighted by Crippen LogP contribution is -2.48. The molecule has 0 fully saturated rings. The molecule has 0 aliphatic carbocycles. The molecule has 124 valence electrons. The molecular formula is C15H17F3N4O. The van der Waals surface area contributed by atoms with E-state index >= 15 is 0 Å². The second kappa shape index (κ2) is 6.12. The normalized spacial score (nSPS) is 23.9. The Morgan fingerprint density at radius 2 is 2.09 bits per heavy atom. The Balaban J connectivity index is 2.71. The lowest BCUT2D eigenvalue weighted by atomic mass is 9.81. The molecule has 1 aromatic carbocycles. The first-order valence-corrected chi connectivity index (χ1v) is 7.27. The van der Waals surface area contributed by atoms with E-state index in [0.29, 0.717) is 12.1 Å². The molecule has 0 radical (unpaired) electrons. The third kappa shape index (κ3) is 2.99. The van der Waals surface area contributed by atoms with Crippen LogP contribution in [0.25, 0.3) is 10.4 Å². The van der Waals surface area contributed by atoms with Gasteiger partial charge < -0.3 is 4.90 Å². The summed E-state index contributed by atoms with van der Waals surface area (Å²) in [5, 5.41) is 3.70. The molecule has 8 heteroatoms. The molecule has 2 rings (SSSR count). The molecule has 0 spiro atoms. The largest absolute Gasteiger partial charge is 0.416 e. The summed E-state index contributed by atoms with van der Waals surface area (Å²) in [4.78, 5) is 16.3. The van der Waals surface area contributed by atoms with Gasteiger partial charge >= 0.3 is 6.18 Å². The molecule has 5 nitrogen and oxygen atoms in total. The number of carbonyl (C=O) groups excluding carboxylic acids is 1. The maximum absolute atomic E-state index is 13.0. The van der Waals surface area contributed by atoms with E-state index in [1.807, 2.05) is 6.92 Å². The number of benzene rings is 1. The van der Waals surface area contributed by atoms with Gasteiger partial charge in [0.05, 0.1) is 11.6 Å². The van der Waals surface area contributed by atoms with Crippen LogP contribution < -0.4 is 4.90 Å². The summed E-state index contributed by atoms with van der Waals surface area (Å²) in [5.41, 5.74) is 8.58. The smallest absolute Gasteiger partial charge is 0.309 e. The Labute approximate surface area is 131 Å². The van der Waals surface area contributed by atoms with Gasteiger partial charge in [0.25, 0.3) is 0 Å². The highest BCUT2D eigenvalue weighted by Crippen LogP contribution is 2.45. The molecule has 1 heterocycles. The predicted octanol–water partition coefficient (Wildman–Crippen LogP) is 4.84. The molecule has 1 aromatic rings. The van der Waals surface area contributed by atoms with E-state index in [1.54, 1.807) is 6.92 Å². The van der Waals surface area contributed by atoms with Gasteiger partial charge in [-0.25, -0.2) is 0 Å². The van der Waals surface area contributed by atoms with Crippen LogP contribution in [-0.2, 0) is 11.0 Å². The summed E-state index contributed by atoms with van der Waals surface area (Å²) in [7, 11) is 0. The minimum atomic E-state index is -4.50. The minimum Gasteiger partial charge on any atom is -0.309 e. The van der Waals surface area contributed by atoms with E-state index in [4.69, 9.17) is 5.53 Å².